The van der Waals surface area contributed by atoms with Crippen molar-refractivity contribution in [2.75, 3.05) is 6.54 Å². The average Bonchev–Trinajstić information content (AvgIpc) is 2.44. The number of esters is 2. The van der Waals surface area contributed by atoms with Gasteiger partial charge < -0.3 is 14.4 Å². The highest BCUT2D eigenvalue weighted by atomic mass is 16.6. The minimum absolute atomic E-state index is 0.161. The van der Waals surface area contributed by atoms with Gasteiger partial charge in [-0.1, -0.05) is 13.0 Å². The van der Waals surface area contributed by atoms with E-state index in [0.29, 0.717) is 6.54 Å². The van der Waals surface area contributed by atoms with Gasteiger partial charge in [0.2, 0.25) is 6.41 Å². The minimum atomic E-state index is -0.515. The summed E-state index contributed by atoms with van der Waals surface area (Å²) in [6.45, 7) is 7.02. The number of hydrogen-bond donors (Lipinski definition) is 0. The van der Waals surface area contributed by atoms with E-state index < -0.39 is 11.9 Å². The van der Waals surface area contributed by atoms with E-state index in [9.17, 15) is 14.4 Å². The summed E-state index contributed by atoms with van der Waals surface area (Å²) in [4.78, 5) is 35.1. The summed E-state index contributed by atoms with van der Waals surface area (Å²) < 4.78 is 10.1. The standard InChI is InChI=1S/C16H21NO5/c1-5-8-17(10-18)11(2)14-6-7-15(21-12(3)19)16(9-14)22-13(4)20/h6-7,9-11H,5,8H2,1-4H3. The van der Waals surface area contributed by atoms with Gasteiger partial charge in [-0.15, -0.1) is 0 Å². The highest BCUT2D eigenvalue weighted by molar-refractivity contribution is 5.73. The van der Waals surface area contributed by atoms with E-state index in [4.69, 9.17) is 9.47 Å². The number of benzene rings is 1. The second-order valence-electron chi connectivity index (χ2n) is 4.91. The first-order valence-electron chi connectivity index (χ1n) is 7.10. The van der Waals surface area contributed by atoms with Crippen LogP contribution in [0.5, 0.6) is 11.5 Å². The van der Waals surface area contributed by atoms with Crippen LogP contribution in [0.4, 0.5) is 0 Å². The Labute approximate surface area is 130 Å². The second kappa shape index (κ2) is 8.17. The Morgan fingerprint density at radius 3 is 2.27 bits per heavy atom. The maximum Gasteiger partial charge on any atom is 0.308 e. The largest absolute Gasteiger partial charge is 0.423 e. The van der Waals surface area contributed by atoms with E-state index in [1.165, 1.54) is 13.8 Å². The molecule has 0 N–H and O–H groups in total. The van der Waals surface area contributed by atoms with E-state index >= 15 is 0 Å². The fourth-order valence-corrected chi connectivity index (χ4v) is 2.05. The predicted molar refractivity (Wildman–Crippen MR) is 80.5 cm³/mol. The van der Waals surface area contributed by atoms with Crippen molar-refractivity contribution in [1.82, 2.24) is 4.90 Å². The van der Waals surface area contributed by atoms with E-state index in [0.717, 1.165) is 18.4 Å². The van der Waals surface area contributed by atoms with Crippen molar-refractivity contribution in [3.63, 3.8) is 0 Å². The number of hydrogen-bond acceptors (Lipinski definition) is 5. The molecule has 0 bridgehead atoms. The fraction of sp³-hybridized carbons (Fsp3) is 0.438. The predicted octanol–water partition coefficient (Wildman–Crippen LogP) is 2.47. The Morgan fingerprint density at radius 1 is 1.18 bits per heavy atom. The molecule has 0 aliphatic carbocycles. The molecular weight excluding hydrogens is 286 g/mol. The van der Waals surface area contributed by atoms with Crippen LogP contribution in [0.2, 0.25) is 0 Å². The molecular formula is C16H21NO5. The highest BCUT2D eigenvalue weighted by Crippen LogP contribution is 2.32. The second-order valence-corrected chi connectivity index (χ2v) is 4.91. The molecule has 1 aromatic rings. The van der Waals surface area contributed by atoms with Gasteiger partial charge in [-0.25, -0.2) is 0 Å². The molecule has 1 aromatic carbocycles. The van der Waals surface area contributed by atoms with Crippen LogP contribution in [0.1, 0.15) is 45.7 Å². The maximum atomic E-state index is 11.2. The number of amides is 1. The third-order valence-corrected chi connectivity index (χ3v) is 3.07. The number of rotatable bonds is 7. The van der Waals surface area contributed by atoms with Crippen molar-refractivity contribution in [1.29, 1.82) is 0 Å². The lowest BCUT2D eigenvalue weighted by Crippen LogP contribution is -2.26. The molecule has 0 spiro atoms. The molecule has 0 radical (unpaired) electrons. The van der Waals surface area contributed by atoms with Gasteiger partial charge in [0.05, 0.1) is 6.04 Å². The normalized spacial score (nSPS) is 11.5. The quantitative estimate of drug-likeness (QED) is 0.439. The zero-order chi connectivity index (χ0) is 16.7. The lowest BCUT2D eigenvalue weighted by Gasteiger charge is -2.25. The van der Waals surface area contributed by atoms with Gasteiger partial charge in [-0.05, 0) is 31.0 Å². The summed E-state index contributed by atoms with van der Waals surface area (Å²) in [5.41, 5.74) is 0.785. The highest BCUT2D eigenvalue weighted by Gasteiger charge is 2.17. The number of nitrogens with zero attached hydrogens (tertiary/aromatic N) is 1. The van der Waals surface area contributed by atoms with Gasteiger partial charge in [0.1, 0.15) is 0 Å². The topological polar surface area (TPSA) is 72.9 Å². The van der Waals surface area contributed by atoms with E-state index in [1.807, 2.05) is 13.8 Å². The summed E-state index contributed by atoms with van der Waals surface area (Å²) in [6, 6.07) is 4.72. The van der Waals surface area contributed by atoms with Gasteiger partial charge in [0.25, 0.3) is 0 Å². The molecule has 0 aliphatic heterocycles. The molecule has 1 amide bonds. The van der Waals surface area contributed by atoms with Crippen molar-refractivity contribution >= 4 is 18.3 Å². The molecule has 0 heterocycles. The molecule has 0 saturated carbocycles. The van der Waals surface area contributed by atoms with Crippen LogP contribution in [-0.4, -0.2) is 29.8 Å². The summed E-state index contributed by atoms with van der Waals surface area (Å²) in [7, 11) is 0. The van der Waals surface area contributed by atoms with Crippen LogP contribution < -0.4 is 9.47 Å². The summed E-state index contributed by atoms with van der Waals surface area (Å²) in [5.74, 6) is -0.685. The van der Waals surface area contributed by atoms with Gasteiger partial charge in [-0.3, -0.25) is 14.4 Å². The first-order valence-corrected chi connectivity index (χ1v) is 7.10. The SMILES string of the molecule is CCCN(C=O)C(C)c1ccc(OC(C)=O)c(OC(C)=O)c1. The van der Waals surface area contributed by atoms with Gasteiger partial charge >= 0.3 is 11.9 Å². The molecule has 6 nitrogen and oxygen atoms in total. The average molecular weight is 307 g/mol. The molecule has 1 rings (SSSR count). The van der Waals surface area contributed by atoms with E-state index in [1.54, 1.807) is 23.1 Å². The van der Waals surface area contributed by atoms with E-state index in [2.05, 4.69) is 0 Å². The minimum Gasteiger partial charge on any atom is -0.423 e. The first-order chi connectivity index (χ1) is 10.4. The van der Waals surface area contributed by atoms with Crippen molar-refractivity contribution in [2.45, 2.75) is 40.2 Å². The fourth-order valence-electron chi connectivity index (χ4n) is 2.05. The molecule has 0 saturated heterocycles. The third-order valence-electron chi connectivity index (χ3n) is 3.07. The Hall–Kier alpha value is -2.37. The van der Waals surface area contributed by atoms with Crippen molar-refractivity contribution in [3.8, 4) is 11.5 Å². The smallest absolute Gasteiger partial charge is 0.308 e. The number of carbonyl (C=O) groups is 3. The molecule has 1 unspecified atom stereocenters. The van der Waals surface area contributed by atoms with Crippen LogP contribution in [0, 0.1) is 0 Å². The molecule has 1 atom stereocenters. The summed E-state index contributed by atoms with van der Waals surface area (Å²) >= 11 is 0. The molecule has 0 fully saturated rings. The first kappa shape index (κ1) is 17.7. The van der Waals surface area contributed by atoms with E-state index in [-0.39, 0.29) is 17.5 Å². The molecule has 0 aliphatic rings. The van der Waals surface area contributed by atoms with Crippen LogP contribution in [-0.2, 0) is 14.4 Å². The summed E-state index contributed by atoms with van der Waals surface area (Å²) in [6.07, 6.45) is 1.63. The zero-order valence-electron chi connectivity index (χ0n) is 13.3. The van der Waals surface area contributed by atoms with Crippen LogP contribution in [0.15, 0.2) is 18.2 Å². The van der Waals surface area contributed by atoms with Crippen molar-refractivity contribution in [3.05, 3.63) is 23.8 Å². The third kappa shape index (κ3) is 4.87. The zero-order valence-corrected chi connectivity index (χ0v) is 13.3. The maximum absolute atomic E-state index is 11.2. The molecule has 6 heteroatoms. The summed E-state index contributed by atoms with van der Waals surface area (Å²) in [5, 5.41) is 0. The Morgan fingerprint density at radius 2 is 1.77 bits per heavy atom. The van der Waals surface area contributed by atoms with Gasteiger partial charge in [0.15, 0.2) is 11.5 Å². The Bertz CT molecular complexity index is 555. The van der Waals surface area contributed by atoms with Crippen LogP contribution in [0.3, 0.4) is 0 Å². The van der Waals surface area contributed by atoms with Crippen LogP contribution in [0.25, 0.3) is 0 Å². The number of carbonyl (C=O) groups excluding carboxylic acids is 3. The van der Waals surface area contributed by atoms with Crippen molar-refractivity contribution < 1.29 is 23.9 Å². The molecule has 120 valence electrons. The van der Waals surface area contributed by atoms with Crippen molar-refractivity contribution in [2.24, 2.45) is 0 Å². The Kier molecular flexibility index (Phi) is 6.56. The number of ether oxygens (including phenoxy) is 2. The van der Waals surface area contributed by atoms with Gasteiger partial charge in [0, 0.05) is 20.4 Å². The van der Waals surface area contributed by atoms with Crippen LogP contribution >= 0.6 is 0 Å². The monoisotopic (exact) mass is 307 g/mol. The van der Waals surface area contributed by atoms with Gasteiger partial charge in [-0.2, -0.15) is 0 Å². The lowest BCUT2D eigenvalue weighted by atomic mass is 10.1. The molecule has 22 heavy (non-hydrogen) atoms. The Balaban J connectivity index is 3.13. The lowest BCUT2D eigenvalue weighted by molar-refractivity contribution is -0.134. The molecule has 0 aromatic heterocycles.